The first-order chi connectivity index (χ1) is 3.72. The summed E-state index contributed by atoms with van der Waals surface area (Å²) in [6, 6.07) is -0.898. The van der Waals surface area contributed by atoms with Gasteiger partial charge < -0.3 is 23.5 Å². The summed E-state index contributed by atoms with van der Waals surface area (Å²) in [5.41, 5.74) is 1.80. The summed E-state index contributed by atoms with van der Waals surface area (Å²) in [5, 5.41) is 8.12. The molecule has 0 aliphatic carbocycles. The van der Waals surface area contributed by atoms with Gasteiger partial charge in [0.1, 0.15) is 1.41 Å². The molecule has 0 aromatic rings. The molecule has 1 unspecified atom stereocenters. The number of nitrogens with two attached hydrogens (primary N) is 1. The first-order valence-corrected chi connectivity index (χ1v) is 2.28. The Bertz CT molecular complexity index is 89.9. The molecule has 0 heterocycles. The van der Waals surface area contributed by atoms with E-state index in [1.165, 1.54) is 0 Å². The Labute approximate surface area is 79.8 Å². The molecular weight excluding hydrogens is 203 g/mol. The molecule has 0 rings (SSSR count). The van der Waals surface area contributed by atoms with Crippen LogP contribution in [0.3, 0.4) is 0 Å². The number of hydrogen-bond acceptors (Lipinski definition) is 3. The van der Waals surface area contributed by atoms with E-state index < -0.39 is 12.0 Å². The van der Waals surface area contributed by atoms with Crippen LogP contribution in [-0.2, 0) is 50.1 Å². The minimum absolute atomic E-state index is 0. The zero-order valence-electron chi connectivity index (χ0n) is 5.13. The van der Waals surface area contributed by atoms with Gasteiger partial charge in [-0.3, -0.25) is 4.79 Å². The van der Waals surface area contributed by atoms with E-state index in [2.05, 4.69) is 12.6 Å². The van der Waals surface area contributed by atoms with Gasteiger partial charge in [0.05, 0.1) is 6.04 Å². The van der Waals surface area contributed by atoms with Crippen LogP contribution in [0.5, 0.6) is 0 Å². The standard InChI is InChI=1S/C3H7NO2S.Y/c4-2(1-7)3(5)6;/h2,7H,1,4H2,(H,5,6);/p-1/i/hT. The topological polar surface area (TPSA) is 63.3 Å². The first kappa shape index (κ1) is 8.88. The Balaban J connectivity index is 0. The molecule has 1 radical (unpaired) electrons. The van der Waals surface area contributed by atoms with Crippen LogP contribution >= 0.6 is 0 Å². The molecule has 5 heteroatoms. The maximum atomic E-state index is 9.91. The van der Waals surface area contributed by atoms with Crippen LogP contribution in [0.15, 0.2) is 0 Å². The minimum atomic E-state index is -1.07. The molecule has 0 amide bonds. The predicted molar refractivity (Wildman–Crippen MR) is 27.8 cm³/mol. The van der Waals surface area contributed by atoms with Crippen molar-refractivity contribution in [2.45, 2.75) is 6.04 Å². The van der Waals surface area contributed by atoms with E-state index >= 15 is 0 Å². The molecule has 0 aromatic heterocycles. The van der Waals surface area contributed by atoms with E-state index in [1.54, 1.807) is 5.73 Å². The molecule has 3 nitrogen and oxygen atoms in total. The van der Waals surface area contributed by atoms with E-state index in [9.17, 15) is 4.79 Å². The molecule has 45 valence electrons. The zero-order valence-corrected chi connectivity index (χ0v) is 7.78. The van der Waals surface area contributed by atoms with Crippen molar-refractivity contribution in [3.05, 3.63) is 0 Å². The molecular formula is C3H6NO2SY-. The number of carbonyl (C=O) groups is 1. The number of carboxylic acids is 1. The Morgan fingerprint density at radius 3 is 2.62 bits per heavy atom. The average Bonchev–Trinajstić information content (AvgIpc) is 1.69. The van der Waals surface area contributed by atoms with E-state index in [4.69, 9.17) is 6.52 Å². The quantitative estimate of drug-likeness (QED) is 0.584. The maximum absolute atomic E-state index is 9.91. The summed E-state index contributed by atoms with van der Waals surface area (Å²) in [4.78, 5) is 9.91. The third-order valence-corrected chi connectivity index (χ3v) is 0.798. The second-order valence-electron chi connectivity index (χ2n) is 1.06. The summed E-state index contributed by atoms with van der Waals surface area (Å²) in [7, 11) is 0. The van der Waals surface area contributed by atoms with E-state index in [0.29, 0.717) is 0 Å². The Morgan fingerprint density at radius 1 is 2.12 bits per heavy atom. The first-order valence-electron chi connectivity index (χ1n) is 2.20. The molecule has 0 saturated carbocycles. The summed E-state index contributed by atoms with van der Waals surface area (Å²) >= 11 is 4.39. The summed E-state index contributed by atoms with van der Waals surface area (Å²) in [5.74, 6) is -1.05. The number of rotatable bonds is 3. The second-order valence-corrected chi connectivity index (χ2v) is 1.39. The Hall–Kier alpha value is 0.884. The SMILES string of the molecule is [3H]NC(C[S-])C(=O)O.[Y]. The molecule has 8 heavy (non-hydrogen) atoms. The van der Waals surface area contributed by atoms with Gasteiger partial charge in [0.15, 0.2) is 0 Å². The Kier molecular flexibility index (Phi) is 6.67. The molecule has 0 bridgehead atoms. The minimum Gasteiger partial charge on any atom is -0.791 e. The van der Waals surface area contributed by atoms with Crippen LogP contribution in [0.1, 0.15) is 0 Å². The zero-order chi connectivity index (χ0) is 6.57. The van der Waals surface area contributed by atoms with Gasteiger partial charge in [-0.25, -0.2) is 0 Å². The molecule has 0 aliphatic rings. The monoisotopic (exact) mass is 211 g/mol. The molecule has 0 fully saturated rings. The number of aliphatic carboxylic acids is 1. The van der Waals surface area contributed by atoms with Crippen molar-refractivity contribution in [3.63, 3.8) is 0 Å². The normalized spacial score (nSPS) is 13.4. The van der Waals surface area contributed by atoms with Crippen LogP contribution < -0.4 is 5.73 Å². The van der Waals surface area contributed by atoms with Crippen molar-refractivity contribution in [1.29, 1.82) is 0 Å². The predicted octanol–water partition coefficient (Wildman–Crippen LogP) is -1.06. The third-order valence-electron chi connectivity index (χ3n) is 0.465. The van der Waals surface area contributed by atoms with Gasteiger partial charge in [-0.15, -0.1) is 0 Å². The molecule has 0 saturated heterocycles. The second kappa shape index (κ2) is 6.01. The van der Waals surface area contributed by atoms with Crippen LogP contribution in [0.4, 0.5) is 0 Å². The van der Waals surface area contributed by atoms with Gasteiger partial charge in [-0.2, -0.15) is 5.75 Å². The Morgan fingerprint density at radius 2 is 2.62 bits per heavy atom. The number of carboxylic acid groups (broad SMARTS) is 1. The number of hydrogen-bond donors (Lipinski definition) is 2. The molecule has 1 atom stereocenters. The van der Waals surface area contributed by atoms with Gasteiger partial charge in [0.2, 0.25) is 0 Å². The van der Waals surface area contributed by atoms with Crippen molar-refractivity contribution in [3.8, 4) is 0 Å². The largest absolute Gasteiger partial charge is 0.791 e. The summed E-state index contributed by atoms with van der Waals surface area (Å²) in [6.07, 6.45) is 0. The van der Waals surface area contributed by atoms with Gasteiger partial charge in [0, 0.05) is 32.7 Å². The smallest absolute Gasteiger partial charge is 0.318 e. The summed E-state index contributed by atoms with van der Waals surface area (Å²) in [6.45, 7) is 0. The van der Waals surface area contributed by atoms with E-state index in [0.717, 1.165) is 0 Å². The van der Waals surface area contributed by atoms with Crippen molar-refractivity contribution in [1.82, 2.24) is 0 Å². The fraction of sp³-hybridized carbons (Fsp3) is 0.667. The van der Waals surface area contributed by atoms with Gasteiger partial charge in [-0.1, -0.05) is 0 Å². The molecule has 3 N–H and O–H groups in total. The van der Waals surface area contributed by atoms with Crippen LogP contribution in [-0.4, -0.2) is 22.9 Å². The van der Waals surface area contributed by atoms with E-state index in [-0.39, 0.29) is 38.5 Å². The average molecular weight is 211 g/mol. The van der Waals surface area contributed by atoms with Crippen LogP contribution in [0.25, 0.3) is 0 Å². The van der Waals surface area contributed by atoms with Crippen molar-refractivity contribution >= 4 is 18.6 Å². The molecule has 0 aromatic carbocycles. The van der Waals surface area contributed by atoms with E-state index in [1.807, 2.05) is 0 Å². The maximum Gasteiger partial charge on any atom is 0.318 e. The van der Waals surface area contributed by atoms with Crippen molar-refractivity contribution < 1.29 is 44.0 Å². The van der Waals surface area contributed by atoms with Gasteiger partial charge in [-0.05, 0) is 0 Å². The van der Waals surface area contributed by atoms with Crippen LogP contribution in [0.2, 0.25) is 1.41 Å². The molecule has 0 spiro atoms. The fourth-order valence-electron chi connectivity index (χ4n) is 0.0713. The summed E-state index contributed by atoms with van der Waals surface area (Å²) < 4.78 is 6.39. The van der Waals surface area contributed by atoms with Crippen LogP contribution in [0, 0.1) is 0 Å². The van der Waals surface area contributed by atoms with Crippen molar-refractivity contribution in [2.75, 3.05) is 5.75 Å². The fourth-order valence-corrected chi connectivity index (χ4v) is 0.214. The van der Waals surface area contributed by atoms with Crippen molar-refractivity contribution in [2.24, 2.45) is 5.73 Å². The van der Waals surface area contributed by atoms with Gasteiger partial charge >= 0.3 is 5.97 Å². The molecule has 0 aliphatic heterocycles. The third kappa shape index (κ3) is 5.03. The van der Waals surface area contributed by atoms with Gasteiger partial charge in [0.25, 0.3) is 0 Å².